The molecule has 1 unspecified atom stereocenters. The number of aromatic nitrogens is 4. The number of thioether (sulfide) groups is 1. The van der Waals surface area contributed by atoms with Crippen molar-refractivity contribution in [1.82, 2.24) is 19.1 Å². The molecule has 0 aliphatic rings. The molecule has 0 saturated heterocycles. The zero-order valence-electron chi connectivity index (χ0n) is 15.3. The van der Waals surface area contributed by atoms with Gasteiger partial charge in [-0.25, -0.2) is 14.8 Å². The molecular weight excluding hydrogens is 368 g/mol. The number of carboxylic acid groups (broad SMARTS) is 1. The van der Waals surface area contributed by atoms with E-state index in [2.05, 4.69) is 9.97 Å². The average Bonchev–Trinajstić information content (AvgIpc) is 2.64. The molecule has 1 aromatic carbocycles. The molecule has 0 spiro atoms. The van der Waals surface area contributed by atoms with E-state index in [1.54, 1.807) is 0 Å². The molecule has 140 valence electrons. The van der Waals surface area contributed by atoms with Crippen LogP contribution in [0.2, 0.25) is 0 Å². The van der Waals surface area contributed by atoms with E-state index < -0.39 is 22.5 Å². The van der Waals surface area contributed by atoms with Gasteiger partial charge in [-0.2, -0.15) is 0 Å². The lowest BCUT2D eigenvalue weighted by molar-refractivity contribution is -0.136. The van der Waals surface area contributed by atoms with Gasteiger partial charge in [0, 0.05) is 19.7 Å². The van der Waals surface area contributed by atoms with Crippen LogP contribution in [0.4, 0.5) is 0 Å². The van der Waals surface area contributed by atoms with E-state index in [-0.39, 0.29) is 16.1 Å². The molecule has 8 nitrogen and oxygen atoms in total. The highest BCUT2D eigenvalue weighted by molar-refractivity contribution is 8.00. The molecule has 27 heavy (non-hydrogen) atoms. The van der Waals surface area contributed by atoms with Gasteiger partial charge in [-0.3, -0.25) is 18.7 Å². The van der Waals surface area contributed by atoms with E-state index in [9.17, 15) is 19.5 Å². The van der Waals surface area contributed by atoms with Gasteiger partial charge in [0.15, 0.2) is 11.5 Å². The fourth-order valence-corrected chi connectivity index (χ4v) is 3.55. The van der Waals surface area contributed by atoms with Crippen molar-refractivity contribution in [2.24, 2.45) is 14.1 Å². The van der Waals surface area contributed by atoms with Crippen LogP contribution in [0.15, 0.2) is 38.9 Å². The second-order valence-corrected chi connectivity index (χ2v) is 7.50. The molecule has 0 aliphatic heterocycles. The van der Waals surface area contributed by atoms with Crippen LogP contribution in [0, 0.1) is 6.92 Å². The molecule has 0 amide bonds. The summed E-state index contributed by atoms with van der Waals surface area (Å²) in [5.41, 5.74) is 0.787. The Bertz CT molecular complexity index is 1180. The summed E-state index contributed by atoms with van der Waals surface area (Å²) in [4.78, 5) is 45.3. The number of fused-ring (bicyclic) bond motifs is 1. The third-order valence-electron chi connectivity index (χ3n) is 4.29. The van der Waals surface area contributed by atoms with Gasteiger partial charge >= 0.3 is 11.7 Å². The van der Waals surface area contributed by atoms with Gasteiger partial charge in [0.2, 0.25) is 0 Å². The lowest BCUT2D eigenvalue weighted by Crippen LogP contribution is -2.37. The normalized spacial score (nSPS) is 12.3. The number of aliphatic carboxylic acids is 1. The summed E-state index contributed by atoms with van der Waals surface area (Å²) in [5.74, 6) is -0.685. The largest absolute Gasteiger partial charge is 0.480 e. The Morgan fingerprint density at radius 2 is 1.81 bits per heavy atom. The van der Waals surface area contributed by atoms with Crippen LogP contribution in [0.25, 0.3) is 22.4 Å². The standard InChI is InChI=1S/C18H18N4O4S/c1-9-7-5-6-8-11(9)13-19-14-12(15(20-13)27-10(2)17(24)25)16(23)22(4)18(26)21(14)3/h5-8,10H,1-4H3,(H,24,25). The third kappa shape index (κ3) is 3.25. The molecule has 3 aromatic rings. The van der Waals surface area contributed by atoms with Gasteiger partial charge in [-0.1, -0.05) is 36.0 Å². The van der Waals surface area contributed by atoms with E-state index in [0.717, 1.165) is 27.5 Å². The van der Waals surface area contributed by atoms with Crippen molar-refractivity contribution in [2.75, 3.05) is 0 Å². The van der Waals surface area contributed by atoms with Gasteiger partial charge in [-0.05, 0) is 19.4 Å². The highest BCUT2D eigenvalue weighted by Crippen LogP contribution is 2.29. The quantitative estimate of drug-likeness (QED) is 0.536. The van der Waals surface area contributed by atoms with Crippen molar-refractivity contribution in [2.45, 2.75) is 24.1 Å². The van der Waals surface area contributed by atoms with Gasteiger partial charge in [0.25, 0.3) is 5.56 Å². The highest BCUT2D eigenvalue weighted by Gasteiger charge is 2.22. The summed E-state index contributed by atoms with van der Waals surface area (Å²) >= 11 is 0.954. The Labute approximate surface area is 158 Å². The number of rotatable bonds is 4. The highest BCUT2D eigenvalue weighted by atomic mass is 32.2. The fraction of sp³-hybridized carbons (Fsp3) is 0.278. The summed E-state index contributed by atoms with van der Waals surface area (Å²) in [7, 11) is 2.89. The van der Waals surface area contributed by atoms with Crippen LogP contribution in [-0.4, -0.2) is 35.4 Å². The maximum atomic E-state index is 12.7. The first-order valence-corrected chi connectivity index (χ1v) is 9.03. The Hall–Kier alpha value is -2.94. The second kappa shape index (κ2) is 6.99. The Morgan fingerprint density at radius 1 is 1.15 bits per heavy atom. The Morgan fingerprint density at radius 3 is 2.44 bits per heavy atom. The Kier molecular flexibility index (Phi) is 4.88. The molecule has 1 atom stereocenters. The smallest absolute Gasteiger partial charge is 0.332 e. The van der Waals surface area contributed by atoms with Crippen molar-refractivity contribution in [1.29, 1.82) is 0 Å². The van der Waals surface area contributed by atoms with E-state index in [1.165, 1.54) is 25.6 Å². The molecule has 9 heteroatoms. The number of carboxylic acids is 1. The molecule has 0 bridgehead atoms. The molecule has 3 rings (SSSR count). The van der Waals surface area contributed by atoms with Gasteiger partial charge in [0.1, 0.15) is 15.7 Å². The third-order valence-corrected chi connectivity index (χ3v) is 5.36. The molecule has 0 radical (unpaired) electrons. The maximum absolute atomic E-state index is 12.7. The van der Waals surface area contributed by atoms with Crippen molar-refractivity contribution < 1.29 is 9.90 Å². The second-order valence-electron chi connectivity index (χ2n) is 6.17. The van der Waals surface area contributed by atoms with Crippen molar-refractivity contribution in [3.8, 4) is 11.4 Å². The molecule has 0 aliphatic carbocycles. The number of benzene rings is 1. The lowest BCUT2D eigenvalue weighted by Gasteiger charge is -2.14. The van der Waals surface area contributed by atoms with Gasteiger partial charge in [-0.15, -0.1) is 0 Å². The van der Waals surface area contributed by atoms with Crippen LogP contribution in [-0.2, 0) is 18.9 Å². The molecule has 2 aromatic heterocycles. The average molecular weight is 386 g/mol. The maximum Gasteiger partial charge on any atom is 0.332 e. The van der Waals surface area contributed by atoms with E-state index in [1.807, 2.05) is 31.2 Å². The van der Waals surface area contributed by atoms with Crippen LogP contribution in [0.5, 0.6) is 0 Å². The van der Waals surface area contributed by atoms with Gasteiger partial charge in [0.05, 0.1) is 0 Å². The topological polar surface area (TPSA) is 107 Å². The first kappa shape index (κ1) is 18.8. The number of hydrogen-bond donors (Lipinski definition) is 1. The molecule has 0 saturated carbocycles. The minimum absolute atomic E-state index is 0.134. The Balaban J connectivity index is 2.42. The number of hydrogen-bond acceptors (Lipinski definition) is 6. The lowest BCUT2D eigenvalue weighted by atomic mass is 10.1. The molecule has 1 N–H and O–H groups in total. The zero-order valence-corrected chi connectivity index (χ0v) is 16.1. The minimum Gasteiger partial charge on any atom is -0.480 e. The van der Waals surface area contributed by atoms with E-state index in [0.29, 0.717) is 5.82 Å². The van der Waals surface area contributed by atoms with Crippen molar-refractivity contribution in [3.05, 3.63) is 50.7 Å². The molecule has 0 fully saturated rings. The predicted octanol–water partition coefficient (Wildman–Crippen LogP) is 1.57. The fourth-order valence-electron chi connectivity index (χ4n) is 2.68. The monoisotopic (exact) mass is 386 g/mol. The predicted molar refractivity (Wildman–Crippen MR) is 103 cm³/mol. The molecular formula is C18H18N4O4S. The number of carbonyl (C=O) groups is 1. The summed E-state index contributed by atoms with van der Waals surface area (Å²) in [6, 6.07) is 7.46. The van der Waals surface area contributed by atoms with Crippen molar-refractivity contribution >= 4 is 28.8 Å². The summed E-state index contributed by atoms with van der Waals surface area (Å²) in [6.45, 7) is 3.42. The van der Waals surface area contributed by atoms with Crippen LogP contribution >= 0.6 is 11.8 Å². The summed E-state index contributed by atoms with van der Waals surface area (Å²) in [5, 5.41) is 8.82. The van der Waals surface area contributed by atoms with Crippen molar-refractivity contribution in [3.63, 3.8) is 0 Å². The summed E-state index contributed by atoms with van der Waals surface area (Å²) < 4.78 is 2.24. The van der Waals surface area contributed by atoms with Gasteiger partial charge < -0.3 is 5.11 Å². The zero-order chi connectivity index (χ0) is 19.9. The van der Waals surface area contributed by atoms with E-state index >= 15 is 0 Å². The van der Waals surface area contributed by atoms with Crippen LogP contribution in [0.3, 0.4) is 0 Å². The SMILES string of the molecule is Cc1ccccc1-c1nc(SC(C)C(=O)O)c2c(=O)n(C)c(=O)n(C)c2n1. The van der Waals surface area contributed by atoms with Crippen LogP contribution in [0.1, 0.15) is 12.5 Å². The summed E-state index contributed by atoms with van der Waals surface area (Å²) in [6.07, 6.45) is 0. The molecule has 2 heterocycles. The van der Waals surface area contributed by atoms with E-state index in [4.69, 9.17) is 0 Å². The first-order valence-electron chi connectivity index (χ1n) is 8.15. The minimum atomic E-state index is -1.02. The number of nitrogens with zero attached hydrogens (tertiary/aromatic N) is 4. The first-order chi connectivity index (χ1) is 12.7. The van der Waals surface area contributed by atoms with Crippen LogP contribution < -0.4 is 11.2 Å². The number of aryl methyl sites for hydroxylation is 2.